The Morgan fingerprint density at radius 1 is 1.50 bits per heavy atom. The number of hydrogen-bond acceptors (Lipinski definition) is 3. The standard InChI is InChI=1S/C14H18N2O2/c15-12(9-1-2-9)8-14(17)16-11-3-4-13-10(7-11)5-6-18-13/h3-4,7,9,12H,1-2,5-6,8,15H2,(H,16,17). The molecule has 1 fully saturated rings. The lowest BCUT2D eigenvalue weighted by Crippen LogP contribution is -2.28. The number of nitrogens with one attached hydrogen (secondary N) is 1. The first-order chi connectivity index (χ1) is 8.72. The van der Waals surface area contributed by atoms with Gasteiger partial charge in [-0.2, -0.15) is 0 Å². The SMILES string of the molecule is NC(CC(=O)Nc1ccc2c(c1)CCO2)C1CC1. The van der Waals surface area contributed by atoms with E-state index in [0.717, 1.165) is 24.5 Å². The fourth-order valence-corrected chi connectivity index (χ4v) is 2.38. The summed E-state index contributed by atoms with van der Waals surface area (Å²) < 4.78 is 5.43. The van der Waals surface area contributed by atoms with Crippen LogP contribution in [0.2, 0.25) is 0 Å². The van der Waals surface area contributed by atoms with Crippen molar-refractivity contribution in [1.82, 2.24) is 0 Å². The fraction of sp³-hybridized carbons (Fsp3) is 0.500. The molecular formula is C14H18N2O2. The highest BCUT2D eigenvalue weighted by atomic mass is 16.5. The molecule has 4 heteroatoms. The third-order valence-electron chi connectivity index (χ3n) is 3.62. The average molecular weight is 246 g/mol. The van der Waals surface area contributed by atoms with Crippen LogP contribution in [0.4, 0.5) is 5.69 Å². The van der Waals surface area contributed by atoms with Crippen LogP contribution in [0.25, 0.3) is 0 Å². The third kappa shape index (κ3) is 2.48. The van der Waals surface area contributed by atoms with E-state index < -0.39 is 0 Å². The molecule has 1 unspecified atom stereocenters. The number of amides is 1. The van der Waals surface area contributed by atoms with E-state index in [1.165, 1.54) is 18.4 Å². The second-order valence-electron chi connectivity index (χ2n) is 5.17. The van der Waals surface area contributed by atoms with Crippen molar-refractivity contribution < 1.29 is 9.53 Å². The number of anilines is 1. The summed E-state index contributed by atoms with van der Waals surface area (Å²) >= 11 is 0. The number of rotatable bonds is 4. The van der Waals surface area contributed by atoms with Gasteiger partial charge in [0.1, 0.15) is 5.75 Å². The number of benzene rings is 1. The molecule has 0 radical (unpaired) electrons. The van der Waals surface area contributed by atoms with E-state index in [4.69, 9.17) is 10.5 Å². The van der Waals surface area contributed by atoms with Crippen LogP contribution in [-0.2, 0) is 11.2 Å². The molecule has 3 N–H and O–H groups in total. The molecule has 0 saturated heterocycles. The number of hydrogen-bond donors (Lipinski definition) is 2. The molecular weight excluding hydrogens is 228 g/mol. The highest BCUT2D eigenvalue weighted by Crippen LogP contribution is 2.33. The molecule has 1 aliphatic carbocycles. The Kier molecular flexibility index (Phi) is 2.96. The van der Waals surface area contributed by atoms with Gasteiger partial charge in [-0.1, -0.05) is 0 Å². The zero-order chi connectivity index (χ0) is 12.5. The van der Waals surface area contributed by atoms with Crippen molar-refractivity contribution >= 4 is 11.6 Å². The summed E-state index contributed by atoms with van der Waals surface area (Å²) in [6, 6.07) is 5.80. The van der Waals surface area contributed by atoms with Crippen LogP contribution >= 0.6 is 0 Å². The molecule has 0 spiro atoms. The van der Waals surface area contributed by atoms with Gasteiger partial charge in [0, 0.05) is 24.6 Å². The van der Waals surface area contributed by atoms with Gasteiger partial charge in [-0.25, -0.2) is 0 Å². The maximum absolute atomic E-state index is 11.8. The third-order valence-corrected chi connectivity index (χ3v) is 3.62. The van der Waals surface area contributed by atoms with Gasteiger partial charge in [0.25, 0.3) is 0 Å². The van der Waals surface area contributed by atoms with E-state index in [9.17, 15) is 4.79 Å². The minimum Gasteiger partial charge on any atom is -0.493 e. The van der Waals surface area contributed by atoms with Crippen molar-refractivity contribution in [3.05, 3.63) is 23.8 Å². The van der Waals surface area contributed by atoms with Crippen LogP contribution in [0.1, 0.15) is 24.8 Å². The minimum absolute atomic E-state index is 0.00765. The first-order valence-corrected chi connectivity index (χ1v) is 6.53. The lowest BCUT2D eigenvalue weighted by Gasteiger charge is -2.11. The zero-order valence-corrected chi connectivity index (χ0v) is 10.3. The van der Waals surface area contributed by atoms with Gasteiger partial charge in [0.2, 0.25) is 5.91 Å². The van der Waals surface area contributed by atoms with Gasteiger partial charge in [-0.3, -0.25) is 4.79 Å². The molecule has 0 bridgehead atoms. The van der Waals surface area contributed by atoms with Gasteiger partial charge < -0.3 is 15.8 Å². The highest BCUT2D eigenvalue weighted by molar-refractivity contribution is 5.91. The molecule has 1 amide bonds. The maximum atomic E-state index is 11.8. The Morgan fingerprint density at radius 3 is 3.11 bits per heavy atom. The molecule has 1 aromatic rings. The molecule has 1 aliphatic heterocycles. The van der Waals surface area contributed by atoms with Gasteiger partial charge in [-0.05, 0) is 42.5 Å². The molecule has 3 rings (SSSR count). The van der Waals surface area contributed by atoms with Crippen molar-refractivity contribution in [3.8, 4) is 5.75 Å². The van der Waals surface area contributed by atoms with Crippen LogP contribution in [-0.4, -0.2) is 18.6 Å². The Hall–Kier alpha value is -1.55. The second-order valence-corrected chi connectivity index (χ2v) is 5.17. The number of ether oxygens (including phenoxy) is 1. The van der Waals surface area contributed by atoms with Crippen molar-refractivity contribution in [2.75, 3.05) is 11.9 Å². The lowest BCUT2D eigenvalue weighted by molar-refractivity contribution is -0.116. The molecule has 1 aromatic carbocycles. The second kappa shape index (κ2) is 4.61. The smallest absolute Gasteiger partial charge is 0.225 e. The van der Waals surface area contributed by atoms with E-state index in [2.05, 4.69) is 5.32 Å². The quantitative estimate of drug-likeness (QED) is 0.849. The molecule has 2 aliphatic rings. The monoisotopic (exact) mass is 246 g/mol. The number of fused-ring (bicyclic) bond motifs is 1. The van der Waals surface area contributed by atoms with Gasteiger partial charge >= 0.3 is 0 Å². The van der Waals surface area contributed by atoms with Gasteiger partial charge in [0.15, 0.2) is 0 Å². The number of carbonyl (C=O) groups excluding carboxylic acids is 1. The van der Waals surface area contributed by atoms with Crippen LogP contribution in [0.5, 0.6) is 5.75 Å². The Labute approximate surface area is 107 Å². The van der Waals surface area contributed by atoms with Gasteiger partial charge in [0.05, 0.1) is 6.61 Å². The summed E-state index contributed by atoms with van der Waals surface area (Å²) in [4.78, 5) is 11.8. The first kappa shape index (κ1) is 11.5. The zero-order valence-electron chi connectivity index (χ0n) is 10.3. The number of nitrogens with two attached hydrogens (primary N) is 1. The molecule has 1 saturated carbocycles. The van der Waals surface area contributed by atoms with E-state index in [-0.39, 0.29) is 11.9 Å². The number of carbonyl (C=O) groups is 1. The topological polar surface area (TPSA) is 64.4 Å². The van der Waals surface area contributed by atoms with Gasteiger partial charge in [-0.15, -0.1) is 0 Å². The average Bonchev–Trinajstić information content (AvgIpc) is 3.08. The van der Waals surface area contributed by atoms with Crippen LogP contribution in [0.15, 0.2) is 18.2 Å². The summed E-state index contributed by atoms with van der Waals surface area (Å²) in [6.07, 6.45) is 3.67. The minimum atomic E-state index is 0.00765. The summed E-state index contributed by atoms with van der Waals surface area (Å²) in [5, 5.41) is 2.91. The molecule has 96 valence electrons. The summed E-state index contributed by atoms with van der Waals surface area (Å²) in [5.41, 5.74) is 7.95. The van der Waals surface area contributed by atoms with Crippen LogP contribution in [0, 0.1) is 5.92 Å². The summed E-state index contributed by atoms with van der Waals surface area (Å²) in [7, 11) is 0. The Bertz CT molecular complexity index is 469. The molecule has 1 heterocycles. The molecule has 4 nitrogen and oxygen atoms in total. The van der Waals surface area contributed by atoms with Crippen LogP contribution in [0.3, 0.4) is 0 Å². The van der Waals surface area contributed by atoms with Crippen molar-refractivity contribution in [3.63, 3.8) is 0 Å². The Morgan fingerprint density at radius 2 is 2.33 bits per heavy atom. The van der Waals surface area contributed by atoms with Crippen LogP contribution < -0.4 is 15.8 Å². The largest absolute Gasteiger partial charge is 0.493 e. The van der Waals surface area contributed by atoms with E-state index in [1.807, 2.05) is 18.2 Å². The van der Waals surface area contributed by atoms with E-state index in [0.29, 0.717) is 12.3 Å². The fourth-order valence-electron chi connectivity index (χ4n) is 2.38. The van der Waals surface area contributed by atoms with Crippen molar-refractivity contribution in [2.24, 2.45) is 11.7 Å². The normalized spacial score (nSPS) is 18.9. The molecule has 0 aromatic heterocycles. The lowest BCUT2D eigenvalue weighted by atomic mass is 10.1. The highest BCUT2D eigenvalue weighted by Gasteiger charge is 2.29. The molecule has 18 heavy (non-hydrogen) atoms. The predicted molar refractivity (Wildman–Crippen MR) is 69.6 cm³/mol. The van der Waals surface area contributed by atoms with E-state index in [1.54, 1.807) is 0 Å². The Balaban J connectivity index is 1.59. The van der Waals surface area contributed by atoms with Crippen molar-refractivity contribution in [1.29, 1.82) is 0 Å². The predicted octanol–water partition coefficient (Wildman–Crippen LogP) is 1.69. The van der Waals surface area contributed by atoms with Crippen molar-refractivity contribution in [2.45, 2.75) is 31.7 Å². The summed E-state index contributed by atoms with van der Waals surface area (Å²) in [5.74, 6) is 1.50. The summed E-state index contributed by atoms with van der Waals surface area (Å²) in [6.45, 7) is 0.735. The molecule has 1 atom stereocenters. The maximum Gasteiger partial charge on any atom is 0.225 e. The van der Waals surface area contributed by atoms with E-state index >= 15 is 0 Å². The first-order valence-electron chi connectivity index (χ1n) is 6.53.